The Hall–Kier alpha value is -2.43. The summed E-state index contributed by atoms with van der Waals surface area (Å²) in [6, 6.07) is 9.56. The van der Waals surface area contributed by atoms with Crippen molar-refractivity contribution < 1.29 is 4.79 Å². The van der Waals surface area contributed by atoms with Crippen molar-refractivity contribution >= 4 is 17.4 Å². The molecule has 0 spiro atoms. The Morgan fingerprint density at radius 1 is 1.14 bits per heavy atom. The average molecular weight is 298 g/mol. The van der Waals surface area contributed by atoms with E-state index >= 15 is 0 Å². The molecule has 116 valence electrons. The van der Waals surface area contributed by atoms with E-state index in [9.17, 15) is 4.79 Å². The molecule has 2 rings (SSSR count). The molecule has 0 aliphatic carbocycles. The number of hydrogen-bond acceptors (Lipinski definition) is 4. The second-order valence-electron chi connectivity index (χ2n) is 6.05. The lowest BCUT2D eigenvalue weighted by atomic mass is 10.1. The highest BCUT2D eigenvalue weighted by Gasteiger charge is 2.18. The van der Waals surface area contributed by atoms with Gasteiger partial charge in [-0.2, -0.15) is 0 Å². The summed E-state index contributed by atoms with van der Waals surface area (Å²) in [7, 11) is 0. The summed E-state index contributed by atoms with van der Waals surface area (Å²) in [6.07, 6.45) is 3.11. The van der Waals surface area contributed by atoms with Crippen LogP contribution in [0.15, 0.2) is 42.7 Å². The first-order chi connectivity index (χ1) is 10.4. The first-order valence-electron chi connectivity index (χ1n) is 7.38. The summed E-state index contributed by atoms with van der Waals surface area (Å²) in [6.45, 7) is 8.65. The van der Waals surface area contributed by atoms with Crippen LogP contribution in [0.3, 0.4) is 0 Å². The van der Waals surface area contributed by atoms with Gasteiger partial charge in [0.05, 0.1) is 12.4 Å². The van der Waals surface area contributed by atoms with Gasteiger partial charge in [0.25, 0.3) is 5.91 Å². The van der Waals surface area contributed by atoms with E-state index in [-0.39, 0.29) is 11.4 Å². The summed E-state index contributed by atoms with van der Waals surface area (Å²) in [4.78, 5) is 22.8. The van der Waals surface area contributed by atoms with E-state index in [0.717, 1.165) is 5.69 Å². The average Bonchev–Trinajstić information content (AvgIpc) is 2.48. The molecule has 0 atom stereocenters. The Balaban J connectivity index is 2.18. The van der Waals surface area contributed by atoms with Gasteiger partial charge < -0.3 is 10.2 Å². The van der Waals surface area contributed by atoms with Crippen LogP contribution in [-0.2, 0) is 0 Å². The molecule has 0 aliphatic heterocycles. The molecule has 0 fully saturated rings. The maximum Gasteiger partial charge on any atom is 0.278 e. The molecule has 1 N–H and O–H groups in total. The lowest BCUT2D eigenvalue weighted by Crippen LogP contribution is -2.31. The summed E-state index contributed by atoms with van der Waals surface area (Å²) in [5, 5.41) is 3.22. The minimum atomic E-state index is -0.150. The molecule has 0 saturated carbocycles. The fourth-order valence-corrected chi connectivity index (χ4v) is 2.08. The SMILES string of the molecule is CCN(C(=O)c1cnc(NC(C)(C)C)cn1)c1ccccc1. The summed E-state index contributed by atoms with van der Waals surface area (Å²) in [5.41, 5.74) is 1.10. The van der Waals surface area contributed by atoms with Gasteiger partial charge in [-0.25, -0.2) is 9.97 Å². The van der Waals surface area contributed by atoms with E-state index < -0.39 is 0 Å². The molecule has 0 radical (unpaired) electrons. The Kier molecular flexibility index (Phi) is 4.75. The quantitative estimate of drug-likeness (QED) is 0.940. The first-order valence-corrected chi connectivity index (χ1v) is 7.38. The van der Waals surface area contributed by atoms with Crippen molar-refractivity contribution in [3.8, 4) is 0 Å². The number of carbonyl (C=O) groups is 1. The van der Waals surface area contributed by atoms with Crippen LogP contribution in [-0.4, -0.2) is 28.0 Å². The van der Waals surface area contributed by atoms with Gasteiger partial charge >= 0.3 is 0 Å². The van der Waals surface area contributed by atoms with Crippen LogP contribution in [0.2, 0.25) is 0 Å². The fourth-order valence-electron chi connectivity index (χ4n) is 2.08. The number of amides is 1. The normalized spacial score (nSPS) is 11.1. The standard InChI is InChI=1S/C17H22N4O/c1-5-21(13-9-7-6-8-10-13)16(22)14-11-19-15(12-18-14)20-17(2,3)4/h6-12H,5H2,1-4H3,(H,19,20). The van der Waals surface area contributed by atoms with Gasteiger partial charge in [-0.1, -0.05) is 18.2 Å². The number of carbonyl (C=O) groups excluding carboxylic acids is 1. The van der Waals surface area contributed by atoms with Crippen molar-refractivity contribution in [3.05, 3.63) is 48.4 Å². The van der Waals surface area contributed by atoms with E-state index in [1.807, 2.05) is 58.0 Å². The zero-order valence-electron chi connectivity index (χ0n) is 13.5. The fraction of sp³-hybridized carbons (Fsp3) is 0.353. The second kappa shape index (κ2) is 6.56. The van der Waals surface area contributed by atoms with Crippen LogP contribution in [0.4, 0.5) is 11.5 Å². The number of hydrogen-bond donors (Lipinski definition) is 1. The highest BCUT2D eigenvalue weighted by molar-refractivity contribution is 6.04. The number of para-hydroxylation sites is 1. The zero-order chi connectivity index (χ0) is 16.2. The number of nitrogens with zero attached hydrogens (tertiary/aromatic N) is 3. The molecule has 1 aromatic carbocycles. The molecule has 22 heavy (non-hydrogen) atoms. The number of aromatic nitrogens is 2. The van der Waals surface area contributed by atoms with Gasteiger partial charge in [0.15, 0.2) is 0 Å². The lowest BCUT2D eigenvalue weighted by molar-refractivity contribution is 0.0983. The molecule has 1 amide bonds. The Labute approximate surface area is 131 Å². The largest absolute Gasteiger partial charge is 0.364 e. The molecular formula is C17H22N4O. The monoisotopic (exact) mass is 298 g/mol. The molecule has 0 bridgehead atoms. The number of anilines is 2. The minimum Gasteiger partial charge on any atom is -0.364 e. The highest BCUT2D eigenvalue weighted by atomic mass is 16.2. The second-order valence-corrected chi connectivity index (χ2v) is 6.05. The van der Waals surface area contributed by atoms with E-state index in [1.54, 1.807) is 11.1 Å². The minimum absolute atomic E-state index is 0.0975. The van der Waals surface area contributed by atoms with Gasteiger partial charge in [-0.3, -0.25) is 4.79 Å². The van der Waals surface area contributed by atoms with Crippen LogP contribution in [0.5, 0.6) is 0 Å². The van der Waals surface area contributed by atoms with Gasteiger partial charge in [-0.05, 0) is 39.8 Å². The maximum atomic E-state index is 12.6. The van der Waals surface area contributed by atoms with Crippen LogP contribution >= 0.6 is 0 Å². The molecule has 0 aliphatic rings. The van der Waals surface area contributed by atoms with Gasteiger partial charge in [-0.15, -0.1) is 0 Å². The Morgan fingerprint density at radius 2 is 1.82 bits per heavy atom. The van der Waals surface area contributed by atoms with Crippen LogP contribution in [0, 0.1) is 0 Å². The molecule has 2 aromatic rings. The van der Waals surface area contributed by atoms with Gasteiger partial charge in [0.1, 0.15) is 11.5 Å². The Bertz CT molecular complexity index is 617. The molecule has 1 heterocycles. The summed E-state index contributed by atoms with van der Waals surface area (Å²) < 4.78 is 0. The molecule has 1 aromatic heterocycles. The first kappa shape index (κ1) is 15.9. The number of nitrogens with one attached hydrogen (secondary N) is 1. The van der Waals surface area contributed by atoms with Crippen molar-refractivity contribution in [1.82, 2.24) is 9.97 Å². The van der Waals surface area contributed by atoms with E-state index in [1.165, 1.54) is 6.20 Å². The maximum absolute atomic E-state index is 12.6. The summed E-state index contributed by atoms with van der Waals surface area (Å²) >= 11 is 0. The van der Waals surface area contributed by atoms with Crippen LogP contribution in [0.25, 0.3) is 0 Å². The Morgan fingerprint density at radius 3 is 2.32 bits per heavy atom. The van der Waals surface area contributed by atoms with Crippen molar-refractivity contribution in [3.63, 3.8) is 0 Å². The van der Waals surface area contributed by atoms with Crippen molar-refractivity contribution in [2.75, 3.05) is 16.8 Å². The van der Waals surface area contributed by atoms with Crippen molar-refractivity contribution in [2.45, 2.75) is 33.2 Å². The van der Waals surface area contributed by atoms with Crippen molar-refractivity contribution in [1.29, 1.82) is 0 Å². The van der Waals surface area contributed by atoms with E-state index in [2.05, 4.69) is 15.3 Å². The molecule has 0 unspecified atom stereocenters. The third-order valence-corrected chi connectivity index (χ3v) is 3.00. The predicted octanol–water partition coefficient (Wildman–Crippen LogP) is 3.35. The molecular weight excluding hydrogens is 276 g/mol. The van der Waals surface area contributed by atoms with Crippen LogP contribution < -0.4 is 10.2 Å². The molecule has 0 saturated heterocycles. The van der Waals surface area contributed by atoms with Gasteiger partial charge in [0.2, 0.25) is 0 Å². The third kappa shape index (κ3) is 4.04. The van der Waals surface area contributed by atoms with E-state index in [4.69, 9.17) is 0 Å². The van der Waals surface area contributed by atoms with Crippen molar-refractivity contribution in [2.24, 2.45) is 0 Å². The zero-order valence-corrected chi connectivity index (χ0v) is 13.5. The van der Waals surface area contributed by atoms with Crippen LogP contribution in [0.1, 0.15) is 38.2 Å². The topological polar surface area (TPSA) is 58.1 Å². The third-order valence-electron chi connectivity index (χ3n) is 3.00. The van der Waals surface area contributed by atoms with Gasteiger partial charge in [0, 0.05) is 17.8 Å². The number of rotatable bonds is 4. The highest BCUT2D eigenvalue weighted by Crippen LogP contribution is 2.16. The molecule has 5 heteroatoms. The summed E-state index contributed by atoms with van der Waals surface area (Å²) in [5.74, 6) is 0.510. The lowest BCUT2D eigenvalue weighted by Gasteiger charge is -2.22. The number of benzene rings is 1. The van der Waals surface area contributed by atoms with E-state index in [0.29, 0.717) is 18.1 Å². The smallest absolute Gasteiger partial charge is 0.278 e. The molecule has 5 nitrogen and oxygen atoms in total. The predicted molar refractivity (Wildman–Crippen MR) is 89.2 cm³/mol.